The molecule has 1 aromatic carbocycles. The molecule has 1 saturated heterocycles. The summed E-state index contributed by atoms with van der Waals surface area (Å²) in [4.78, 5) is 2.40. The number of alkyl halides is 3. The van der Waals surface area contributed by atoms with E-state index in [1.807, 2.05) is 6.92 Å². The highest BCUT2D eigenvalue weighted by molar-refractivity contribution is 5.53. The molecule has 0 unspecified atom stereocenters. The van der Waals surface area contributed by atoms with Crippen molar-refractivity contribution in [2.24, 2.45) is 0 Å². The number of rotatable bonds is 5. The summed E-state index contributed by atoms with van der Waals surface area (Å²) in [6.07, 6.45) is -0.796. The third-order valence-corrected chi connectivity index (χ3v) is 3.73. The fourth-order valence-electron chi connectivity index (χ4n) is 2.52. The first-order chi connectivity index (χ1) is 9.47. The molecule has 2 rings (SSSR count). The van der Waals surface area contributed by atoms with Crippen molar-refractivity contribution in [1.29, 1.82) is 0 Å². The molecule has 112 valence electrons. The van der Waals surface area contributed by atoms with Crippen LogP contribution in [0.25, 0.3) is 0 Å². The lowest BCUT2D eigenvalue weighted by atomic mass is 10.1. The molecular weight excluding hydrogens is 265 g/mol. The SMILES string of the molecule is Cc1ccc(C(F)(F)F)cc1NCCCN1CCCC1. The molecule has 0 aromatic heterocycles. The van der Waals surface area contributed by atoms with Gasteiger partial charge in [0.2, 0.25) is 0 Å². The fraction of sp³-hybridized carbons (Fsp3) is 0.600. The number of hydrogen-bond acceptors (Lipinski definition) is 2. The maximum atomic E-state index is 12.7. The van der Waals surface area contributed by atoms with Gasteiger partial charge in [0.05, 0.1) is 5.56 Å². The van der Waals surface area contributed by atoms with Crippen molar-refractivity contribution in [3.8, 4) is 0 Å². The summed E-state index contributed by atoms with van der Waals surface area (Å²) in [6, 6.07) is 3.85. The molecule has 0 atom stereocenters. The van der Waals surface area contributed by atoms with E-state index in [2.05, 4.69) is 10.2 Å². The van der Waals surface area contributed by atoms with Crippen LogP contribution in [0.5, 0.6) is 0 Å². The molecule has 1 aliphatic rings. The third-order valence-electron chi connectivity index (χ3n) is 3.73. The summed E-state index contributed by atoms with van der Waals surface area (Å²) in [5, 5.41) is 3.12. The predicted octanol–water partition coefficient (Wildman–Crippen LogP) is 3.91. The quantitative estimate of drug-likeness (QED) is 0.826. The summed E-state index contributed by atoms with van der Waals surface area (Å²) in [5.41, 5.74) is 0.838. The standard InChI is InChI=1S/C15H21F3N2/c1-12-5-6-13(15(16,17)18)11-14(12)19-7-4-10-20-8-2-3-9-20/h5-6,11,19H,2-4,7-10H2,1H3. The maximum Gasteiger partial charge on any atom is 0.416 e. The van der Waals surface area contributed by atoms with Crippen LogP contribution in [0.4, 0.5) is 18.9 Å². The number of nitrogens with one attached hydrogen (secondary N) is 1. The van der Waals surface area contributed by atoms with Crippen molar-refractivity contribution in [2.45, 2.75) is 32.4 Å². The van der Waals surface area contributed by atoms with Crippen molar-refractivity contribution < 1.29 is 13.2 Å². The minimum atomic E-state index is -4.28. The zero-order valence-corrected chi connectivity index (χ0v) is 11.8. The second kappa shape index (κ2) is 6.48. The van der Waals surface area contributed by atoms with Crippen LogP contribution in [0.15, 0.2) is 18.2 Å². The summed E-state index contributed by atoms with van der Waals surface area (Å²) in [6.45, 7) is 5.86. The normalized spacial score (nSPS) is 16.6. The molecule has 0 spiro atoms. The lowest BCUT2D eigenvalue weighted by molar-refractivity contribution is -0.137. The van der Waals surface area contributed by atoms with Gasteiger partial charge in [-0.15, -0.1) is 0 Å². The van der Waals surface area contributed by atoms with E-state index in [1.54, 1.807) is 0 Å². The average molecular weight is 286 g/mol. The number of halogens is 3. The van der Waals surface area contributed by atoms with Crippen LogP contribution >= 0.6 is 0 Å². The van der Waals surface area contributed by atoms with Crippen LogP contribution in [0.2, 0.25) is 0 Å². The Kier molecular flexibility index (Phi) is 4.91. The Balaban J connectivity index is 1.85. The maximum absolute atomic E-state index is 12.7. The molecule has 20 heavy (non-hydrogen) atoms. The number of benzene rings is 1. The Bertz CT molecular complexity index is 437. The van der Waals surface area contributed by atoms with Crippen molar-refractivity contribution in [1.82, 2.24) is 4.90 Å². The van der Waals surface area contributed by atoms with Crippen LogP contribution in [-0.2, 0) is 6.18 Å². The highest BCUT2D eigenvalue weighted by Crippen LogP contribution is 2.31. The summed E-state index contributed by atoms with van der Waals surface area (Å²) >= 11 is 0. The molecule has 0 aliphatic carbocycles. The summed E-state index contributed by atoms with van der Waals surface area (Å²) in [5.74, 6) is 0. The van der Waals surface area contributed by atoms with Gasteiger partial charge < -0.3 is 10.2 Å². The van der Waals surface area contributed by atoms with Crippen LogP contribution in [-0.4, -0.2) is 31.1 Å². The van der Waals surface area contributed by atoms with Gasteiger partial charge in [-0.1, -0.05) is 6.07 Å². The van der Waals surface area contributed by atoms with E-state index in [-0.39, 0.29) is 0 Å². The number of anilines is 1. The molecule has 1 aliphatic heterocycles. The first kappa shape index (κ1) is 15.2. The van der Waals surface area contributed by atoms with Crippen LogP contribution in [0, 0.1) is 6.92 Å². The number of hydrogen-bond donors (Lipinski definition) is 1. The lowest BCUT2D eigenvalue weighted by Crippen LogP contribution is -2.22. The molecule has 5 heteroatoms. The van der Waals surface area contributed by atoms with Gasteiger partial charge in [-0.3, -0.25) is 0 Å². The van der Waals surface area contributed by atoms with E-state index >= 15 is 0 Å². The number of aryl methyl sites for hydroxylation is 1. The van der Waals surface area contributed by atoms with Gasteiger partial charge in [0.15, 0.2) is 0 Å². The molecule has 0 saturated carbocycles. The highest BCUT2D eigenvalue weighted by atomic mass is 19.4. The predicted molar refractivity (Wildman–Crippen MR) is 75.0 cm³/mol. The Hall–Kier alpha value is -1.23. The molecule has 1 heterocycles. The van der Waals surface area contributed by atoms with E-state index in [0.717, 1.165) is 37.7 Å². The molecule has 2 nitrogen and oxygen atoms in total. The zero-order valence-electron chi connectivity index (χ0n) is 11.8. The van der Waals surface area contributed by atoms with Crippen LogP contribution in [0.1, 0.15) is 30.4 Å². The largest absolute Gasteiger partial charge is 0.416 e. The topological polar surface area (TPSA) is 15.3 Å². The molecule has 0 radical (unpaired) electrons. The van der Waals surface area contributed by atoms with Crippen LogP contribution < -0.4 is 5.32 Å². The Morgan fingerprint density at radius 1 is 1.20 bits per heavy atom. The average Bonchev–Trinajstić information content (AvgIpc) is 2.88. The number of nitrogens with zero attached hydrogens (tertiary/aromatic N) is 1. The zero-order chi connectivity index (χ0) is 14.6. The van der Waals surface area contributed by atoms with E-state index in [9.17, 15) is 13.2 Å². The molecule has 0 amide bonds. The van der Waals surface area contributed by atoms with Gasteiger partial charge in [0, 0.05) is 12.2 Å². The minimum absolute atomic E-state index is 0.584. The first-order valence-electron chi connectivity index (χ1n) is 7.11. The van der Waals surface area contributed by atoms with Gasteiger partial charge >= 0.3 is 6.18 Å². The third kappa shape index (κ3) is 4.13. The van der Waals surface area contributed by atoms with Crippen molar-refractivity contribution >= 4 is 5.69 Å². The summed E-state index contributed by atoms with van der Waals surface area (Å²) in [7, 11) is 0. The van der Waals surface area contributed by atoms with Gasteiger partial charge in [-0.2, -0.15) is 13.2 Å². The van der Waals surface area contributed by atoms with E-state index in [4.69, 9.17) is 0 Å². The molecule has 0 bridgehead atoms. The van der Waals surface area contributed by atoms with E-state index < -0.39 is 11.7 Å². The van der Waals surface area contributed by atoms with Gasteiger partial charge in [-0.25, -0.2) is 0 Å². The molecule has 1 N–H and O–H groups in total. The van der Waals surface area contributed by atoms with Crippen LogP contribution in [0.3, 0.4) is 0 Å². The Labute approximate surface area is 118 Å². The first-order valence-corrected chi connectivity index (χ1v) is 7.11. The highest BCUT2D eigenvalue weighted by Gasteiger charge is 2.30. The van der Waals surface area contributed by atoms with Gasteiger partial charge in [0.1, 0.15) is 0 Å². The molecule has 1 fully saturated rings. The second-order valence-corrected chi connectivity index (χ2v) is 5.36. The van der Waals surface area contributed by atoms with Crippen molar-refractivity contribution in [3.63, 3.8) is 0 Å². The molecular formula is C15H21F3N2. The fourth-order valence-corrected chi connectivity index (χ4v) is 2.52. The van der Waals surface area contributed by atoms with Crippen molar-refractivity contribution in [2.75, 3.05) is 31.5 Å². The minimum Gasteiger partial charge on any atom is -0.385 e. The smallest absolute Gasteiger partial charge is 0.385 e. The monoisotopic (exact) mass is 286 g/mol. The molecule has 1 aromatic rings. The van der Waals surface area contributed by atoms with Gasteiger partial charge in [-0.05, 0) is 63.5 Å². The Morgan fingerprint density at radius 3 is 2.55 bits per heavy atom. The number of likely N-dealkylation sites (tertiary alicyclic amines) is 1. The van der Waals surface area contributed by atoms with E-state index in [0.29, 0.717) is 12.2 Å². The second-order valence-electron chi connectivity index (χ2n) is 5.36. The summed E-state index contributed by atoms with van der Waals surface area (Å²) < 4.78 is 38.0. The Morgan fingerprint density at radius 2 is 1.90 bits per heavy atom. The van der Waals surface area contributed by atoms with Crippen molar-refractivity contribution in [3.05, 3.63) is 29.3 Å². The van der Waals surface area contributed by atoms with Gasteiger partial charge in [0.25, 0.3) is 0 Å². The van der Waals surface area contributed by atoms with E-state index in [1.165, 1.54) is 25.0 Å². The lowest BCUT2D eigenvalue weighted by Gasteiger charge is -2.16.